The van der Waals surface area contributed by atoms with E-state index in [1.165, 1.54) is 16.7 Å². The molecular weight excluding hydrogens is 316 g/mol. The first kappa shape index (κ1) is 18.2. The standard InChI is InChI=1S/C20H30N2O3/c1-14-5-3-6-15(2)16(14)8-10-21-20(24)22-11-4-7-18(22)17-13-25-12-9-19(17)23/h3,5-6,17-19,23H,4,7-13H2,1-2H3,(H,21,24)/t17-,18+,19+/m0/s1. The highest BCUT2D eigenvalue weighted by atomic mass is 16.5. The van der Waals surface area contributed by atoms with Crippen molar-refractivity contribution in [1.82, 2.24) is 10.2 Å². The maximum absolute atomic E-state index is 12.7. The Morgan fingerprint density at radius 3 is 2.80 bits per heavy atom. The SMILES string of the molecule is Cc1cccc(C)c1CCNC(=O)N1CCC[C@@H]1[C@@H]1COCC[C@H]1O. The van der Waals surface area contributed by atoms with Crippen molar-refractivity contribution in [2.75, 3.05) is 26.3 Å². The lowest BCUT2D eigenvalue weighted by Gasteiger charge is -2.36. The van der Waals surface area contributed by atoms with E-state index in [2.05, 4.69) is 37.4 Å². The monoisotopic (exact) mass is 346 g/mol. The Kier molecular flexibility index (Phi) is 5.97. The molecule has 0 spiro atoms. The zero-order valence-electron chi connectivity index (χ0n) is 15.3. The highest BCUT2D eigenvalue weighted by Crippen LogP contribution is 2.29. The minimum Gasteiger partial charge on any atom is -0.393 e. The molecule has 0 radical (unpaired) electrons. The number of carbonyl (C=O) groups excluding carboxylic acids is 1. The van der Waals surface area contributed by atoms with Crippen LogP contribution < -0.4 is 5.32 Å². The third-order valence-electron chi connectivity index (χ3n) is 5.71. The molecule has 5 heteroatoms. The Hall–Kier alpha value is -1.59. The summed E-state index contributed by atoms with van der Waals surface area (Å²) in [5.74, 6) is 0.0422. The Morgan fingerprint density at radius 2 is 2.08 bits per heavy atom. The van der Waals surface area contributed by atoms with Gasteiger partial charge in [0.05, 0.1) is 12.7 Å². The van der Waals surface area contributed by atoms with Crippen LogP contribution in [0.5, 0.6) is 0 Å². The number of carbonyl (C=O) groups is 1. The molecule has 2 fully saturated rings. The number of urea groups is 1. The zero-order valence-corrected chi connectivity index (χ0v) is 15.3. The van der Waals surface area contributed by atoms with Gasteiger partial charge in [0, 0.05) is 31.7 Å². The molecule has 138 valence electrons. The second-order valence-electron chi connectivity index (χ2n) is 7.35. The van der Waals surface area contributed by atoms with Crippen LogP contribution in [0.15, 0.2) is 18.2 Å². The molecule has 2 aliphatic heterocycles. The number of benzene rings is 1. The van der Waals surface area contributed by atoms with Crippen LogP contribution >= 0.6 is 0 Å². The van der Waals surface area contributed by atoms with E-state index in [0.29, 0.717) is 26.2 Å². The number of ether oxygens (including phenoxy) is 1. The van der Waals surface area contributed by atoms with Crippen molar-refractivity contribution in [3.8, 4) is 0 Å². The fourth-order valence-corrected chi connectivity index (χ4v) is 4.25. The molecular formula is C20H30N2O3. The van der Waals surface area contributed by atoms with Crippen LogP contribution in [0.25, 0.3) is 0 Å². The molecule has 2 saturated heterocycles. The first-order valence-corrected chi connectivity index (χ1v) is 9.43. The largest absolute Gasteiger partial charge is 0.393 e. The average Bonchev–Trinajstić information content (AvgIpc) is 3.07. The number of amides is 2. The van der Waals surface area contributed by atoms with Crippen LogP contribution in [0.3, 0.4) is 0 Å². The van der Waals surface area contributed by atoms with Gasteiger partial charge >= 0.3 is 6.03 Å². The Labute approximate surface area is 150 Å². The molecule has 3 rings (SSSR count). The van der Waals surface area contributed by atoms with E-state index in [9.17, 15) is 9.90 Å². The van der Waals surface area contributed by atoms with Gasteiger partial charge in [0.15, 0.2) is 0 Å². The van der Waals surface area contributed by atoms with Crippen molar-refractivity contribution in [1.29, 1.82) is 0 Å². The number of aryl methyl sites for hydroxylation is 2. The number of hydrogen-bond acceptors (Lipinski definition) is 3. The van der Waals surface area contributed by atoms with Crippen LogP contribution in [-0.2, 0) is 11.2 Å². The summed E-state index contributed by atoms with van der Waals surface area (Å²) >= 11 is 0. The molecule has 0 aromatic heterocycles. The van der Waals surface area contributed by atoms with E-state index in [-0.39, 0.29) is 24.1 Å². The molecule has 25 heavy (non-hydrogen) atoms. The molecule has 1 aromatic rings. The van der Waals surface area contributed by atoms with E-state index in [1.54, 1.807) is 0 Å². The summed E-state index contributed by atoms with van der Waals surface area (Å²) in [7, 11) is 0. The Bertz CT molecular complexity index is 584. The average molecular weight is 346 g/mol. The first-order chi connectivity index (χ1) is 12.1. The maximum Gasteiger partial charge on any atom is 0.317 e. The maximum atomic E-state index is 12.7. The summed E-state index contributed by atoms with van der Waals surface area (Å²) < 4.78 is 5.54. The minimum atomic E-state index is -0.359. The highest BCUT2D eigenvalue weighted by Gasteiger charge is 2.39. The third kappa shape index (κ3) is 4.15. The van der Waals surface area contributed by atoms with Crippen LogP contribution in [-0.4, -0.2) is 54.5 Å². The van der Waals surface area contributed by atoms with E-state index < -0.39 is 0 Å². The van der Waals surface area contributed by atoms with E-state index in [1.807, 2.05) is 4.90 Å². The van der Waals surface area contributed by atoms with Gasteiger partial charge in [-0.2, -0.15) is 0 Å². The number of nitrogens with one attached hydrogen (secondary N) is 1. The van der Waals surface area contributed by atoms with Crippen LogP contribution in [0, 0.1) is 19.8 Å². The van der Waals surface area contributed by atoms with Crippen LogP contribution in [0.1, 0.15) is 36.0 Å². The van der Waals surface area contributed by atoms with Crippen molar-refractivity contribution in [2.24, 2.45) is 5.92 Å². The van der Waals surface area contributed by atoms with Gasteiger partial charge in [-0.25, -0.2) is 4.79 Å². The first-order valence-electron chi connectivity index (χ1n) is 9.43. The summed E-state index contributed by atoms with van der Waals surface area (Å²) in [6, 6.07) is 6.39. The predicted molar refractivity (Wildman–Crippen MR) is 97.7 cm³/mol. The van der Waals surface area contributed by atoms with Gasteiger partial charge in [0.2, 0.25) is 0 Å². The van der Waals surface area contributed by atoms with Crippen LogP contribution in [0.2, 0.25) is 0 Å². The van der Waals surface area contributed by atoms with Gasteiger partial charge in [-0.3, -0.25) is 0 Å². The van der Waals surface area contributed by atoms with Crippen molar-refractivity contribution in [2.45, 2.75) is 51.7 Å². The van der Waals surface area contributed by atoms with Gasteiger partial charge in [0.1, 0.15) is 0 Å². The number of aliphatic hydroxyl groups excluding tert-OH is 1. The van der Waals surface area contributed by atoms with Gasteiger partial charge in [-0.15, -0.1) is 0 Å². The summed E-state index contributed by atoms with van der Waals surface area (Å²) in [5.41, 5.74) is 3.86. The van der Waals surface area contributed by atoms with Gasteiger partial charge < -0.3 is 20.1 Å². The number of aliphatic hydroxyl groups is 1. The summed E-state index contributed by atoms with van der Waals surface area (Å²) in [6.45, 7) is 6.81. The molecule has 0 bridgehead atoms. The molecule has 0 unspecified atom stereocenters. The number of nitrogens with zero attached hydrogens (tertiary/aromatic N) is 1. The molecule has 2 amide bonds. The van der Waals surface area contributed by atoms with E-state index >= 15 is 0 Å². The Morgan fingerprint density at radius 1 is 1.32 bits per heavy atom. The fourth-order valence-electron chi connectivity index (χ4n) is 4.25. The molecule has 3 atom stereocenters. The zero-order chi connectivity index (χ0) is 17.8. The number of hydrogen-bond donors (Lipinski definition) is 2. The van der Waals surface area contributed by atoms with E-state index in [0.717, 1.165) is 25.8 Å². The summed E-state index contributed by atoms with van der Waals surface area (Å²) in [4.78, 5) is 14.6. The van der Waals surface area contributed by atoms with Gasteiger partial charge in [0.25, 0.3) is 0 Å². The number of rotatable bonds is 4. The smallest absolute Gasteiger partial charge is 0.317 e. The second kappa shape index (κ2) is 8.19. The molecule has 5 nitrogen and oxygen atoms in total. The topological polar surface area (TPSA) is 61.8 Å². The normalized spacial score (nSPS) is 26.7. The molecule has 0 saturated carbocycles. The van der Waals surface area contributed by atoms with Crippen LogP contribution in [0.4, 0.5) is 4.79 Å². The van der Waals surface area contributed by atoms with Gasteiger partial charge in [-0.05, 0) is 56.2 Å². The molecule has 1 aromatic carbocycles. The van der Waals surface area contributed by atoms with Crippen molar-refractivity contribution in [3.63, 3.8) is 0 Å². The highest BCUT2D eigenvalue weighted by molar-refractivity contribution is 5.75. The minimum absolute atomic E-state index is 0.00786. The van der Waals surface area contributed by atoms with Crippen molar-refractivity contribution >= 4 is 6.03 Å². The molecule has 2 aliphatic rings. The lowest BCUT2D eigenvalue weighted by Crippen LogP contribution is -2.51. The summed E-state index contributed by atoms with van der Waals surface area (Å²) in [5, 5.41) is 13.4. The molecule has 0 aliphatic carbocycles. The third-order valence-corrected chi connectivity index (χ3v) is 5.71. The van der Waals surface area contributed by atoms with Gasteiger partial charge in [-0.1, -0.05) is 18.2 Å². The summed E-state index contributed by atoms with van der Waals surface area (Å²) in [6.07, 6.45) is 3.11. The number of likely N-dealkylation sites (tertiary alicyclic amines) is 1. The quantitative estimate of drug-likeness (QED) is 0.880. The second-order valence-corrected chi connectivity index (χ2v) is 7.35. The Balaban J connectivity index is 1.55. The van der Waals surface area contributed by atoms with E-state index in [4.69, 9.17) is 4.74 Å². The lowest BCUT2D eigenvalue weighted by molar-refractivity contribution is -0.0576. The lowest BCUT2D eigenvalue weighted by atomic mass is 9.89. The molecule has 2 N–H and O–H groups in total. The predicted octanol–water partition coefficient (Wildman–Crippen LogP) is 2.42. The fraction of sp³-hybridized carbons (Fsp3) is 0.650. The molecule has 2 heterocycles. The van der Waals surface area contributed by atoms with Crippen molar-refractivity contribution < 1.29 is 14.6 Å². The van der Waals surface area contributed by atoms with Crippen molar-refractivity contribution in [3.05, 3.63) is 34.9 Å².